The maximum Gasteiger partial charge on any atom is 0.322 e. The molecule has 0 saturated carbocycles. The van der Waals surface area contributed by atoms with Crippen molar-refractivity contribution in [2.24, 2.45) is 5.73 Å². The third-order valence-corrected chi connectivity index (χ3v) is 3.74. The second-order valence-electron chi connectivity index (χ2n) is 4.98. The number of aliphatic carboxylic acids is 1. The van der Waals surface area contributed by atoms with Crippen LogP contribution in [-0.4, -0.2) is 29.9 Å². The number of hydrogen-bond acceptors (Lipinski definition) is 5. The molecule has 5 N–H and O–H groups in total. The summed E-state index contributed by atoms with van der Waals surface area (Å²) in [5, 5.41) is 9.22. The number of hydrogen-bond donors (Lipinski definition) is 4. The lowest BCUT2D eigenvalue weighted by Crippen LogP contribution is -2.39. The number of nitrogens with two attached hydrogens (primary N) is 1. The summed E-state index contributed by atoms with van der Waals surface area (Å²) in [6, 6.07) is 5.12. The molecule has 0 bridgehead atoms. The Bertz CT molecular complexity index is 506. The zero-order valence-corrected chi connectivity index (χ0v) is 10.4. The minimum absolute atomic E-state index is 0.287. The van der Waals surface area contributed by atoms with Crippen molar-refractivity contribution in [3.05, 3.63) is 29.3 Å². The van der Waals surface area contributed by atoms with Crippen LogP contribution < -0.4 is 21.3 Å². The summed E-state index contributed by atoms with van der Waals surface area (Å²) in [6.07, 6.45) is 1.54. The van der Waals surface area contributed by atoms with Gasteiger partial charge in [-0.05, 0) is 30.0 Å². The van der Waals surface area contributed by atoms with Gasteiger partial charge < -0.3 is 15.6 Å². The number of aryl methyl sites for hydroxylation is 1. The zero-order chi connectivity index (χ0) is 13.4. The van der Waals surface area contributed by atoms with Crippen molar-refractivity contribution in [3.8, 4) is 5.75 Å². The maximum absolute atomic E-state index is 11.2. The number of fused-ring (bicyclic) bond motifs is 1. The predicted molar refractivity (Wildman–Crippen MR) is 68.7 cm³/mol. The number of hydrazine groups is 1. The average Bonchev–Trinajstić information content (AvgIpc) is 2.80. The van der Waals surface area contributed by atoms with Gasteiger partial charge in [0.05, 0.1) is 12.8 Å². The highest BCUT2D eigenvalue weighted by Gasteiger charge is 2.39. The SMILES string of the molecule is NC1NNC(C(=O)O)C1c1ccc2c(c1)CCCO2. The lowest BCUT2D eigenvalue weighted by Gasteiger charge is -2.22. The van der Waals surface area contributed by atoms with E-state index in [0.29, 0.717) is 0 Å². The Kier molecular flexibility index (Phi) is 3.14. The van der Waals surface area contributed by atoms with E-state index in [-0.39, 0.29) is 5.92 Å². The molecule has 3 unspecified atom stereocenters. The van der Waals surface area contributed by atoms with Gasteiger partial charge in [0.15, 0.2) is 0 Å². The van der Waals surface area contributed by atoms with Crippen LogP contribution in [0.4, 0.5) is 0 Å². The second kappa shape index (κ2) is 4.80. The summed E-state index contributed by atoms with van der Waals surface area (Å²) in [6.45, 7) is 0.746. The normalized spacial score (nSPS) is 29.6. The molecule has 3 atom stereocenters. The molecule has 1 aromatic rings. The quantitative estimate of drug-likeness (QED) is 0.597. The molecule has 6 heteroatoms. The molecule has 0 spiro atoms. The number of nitrogens with one attached hydrogen (secondary N) is 2. The molecule has 102 valence electrons. The third kappa shape index (κ3) is 2.18. The molecule has 6 nitrogen and oxygen atoms in total. The van der Waals surface area contributed by atoms with E-state index in [2.05, 4.69) is 10.9 Å². The first kappa shape index (κ1) is 12.4. The van der Waals surface area contributed by atoms with Gasteiger partial charge in [-0.2, -0.15) is 0 Å². The standard InChI is InChI=1S/C13H17N3O3/c14-12-10(11(13(17)18)15-16-12)8-3-4-9-7(6-8)2-1-5-19-9/h3-4,6,10-12,15-16H,1-2,5,14H2,(H,17,18). The average molecular weight is 263 g/mol. The fourth-order valence-electron chi connectivity index (χ4n) is 2.78. The lowest BCUT2D eigenvalue weighted by molar-refractivity contribution is -0.139. The number of carboxylic acid groups (broad SMARTS) is 1. The molecule has 1 saturated heterocycles. The van der Waals surface area contributed by atoms with E-state index in [1.54, 1.807) is 0 Å². The Labute approximate surface area is 110 Å². The highest BCUT2D eigenvalue weighted by Crippen LogP contribution is 2.31. The third-order valence-electron chi connectivity index (χ3n) is 3.74. The molecule has 19 heavy (non-hydrogen) atoms. The molecule has 2 heterocycles. The molecule has 0 radical (unpaired) electrons. The van der Waals surface area contributed by atoms with E-state index >= 15 is 0 Å². The van der Waals surface area contributed by atoms with Gasteiger partial charge in [0, 0.05) is 5.92 Å². The summed E-state index contributed by atoms with van der Waals surface area (Å²) in [5.41, 5.74) is 13.5. The van der Waals surface area contributed by atoms with Crippen molar-refractivity contribution in [1.82, 2.24) is 10.9 Å². The Morgan fingerprint density at radius 1 is 1.42 bits per heavy atom. The van der Waals surface area contributed by atoms with E-state index in [1.807, 2.05) is 18.2 Å². The molecular formula is C13H17N3O3. The molecule has 2 aliphatic heterocycles. The van der Waals surface area contributed by atoms with Gasteiger partial charge in [-0.15, -0.1) is 0 Å². The van der Waals surface area contributed by atoms with Crippen LogP contribution in [-0.2, 0) is 11.2 Å². The fraction of sp³-hybridized carbons (Fsp3) is 0.462. The number of benzene rings is 1. The summed E-state index contributed by atoms with van der Waals surface area (Å²) in [4.78, 5) is 11.2. The van der Waals surface area contributed by atoms with Crippen LogP contribution in [0.2, 0.25) is 0 Å². The summed E-state index contributed by atoms with van der Waals surface area (Å²) < 4.78 is 5.56. The van der Waals surface area contributed by atoms with Gasteiger partial charge in [-0.1, -0.05) is 12.1 Å². The molecule has 2 aliphatic rings. The summed E-state index contributed by atoms with van der Waals surface area (Å²) in [7, 11) is 0. The molecule has 1 aromatic carbocycles. The van der Waals surface area contributed by atoms with Crippen LogP contribution in [0.1, 0.15) is 23.5 Å². The van der Waals surface area contributed by atoms with Crippen molar-refractivity contribution in [2.45, 2.75) is 31.0 Å². The first-order valence-corrected chi connectivity index (χ1v) is 6.42. The molecule has 0 amide bonds. The first-order chi connectivity index (χ1) is 9.16. The number of carbonyl (C=O) groups is 1. The van der Waals surface area contributed by atoms with Crippen molar-refractivity contribution in [3.63, 3.8) is 0 Å². The number of carboxylic acids is 1. The van der Waals surface area contributed by atoms with Crippen LogP contribution in [0.3, 0.4) is 0 Å². The Morgan fingerprint density at radius 3 is 3.05 bits per heavy atom. The summed E-state index contributed by atoms with van der Waals surface area (Å²) in [5.74, 6) is -0.293. The predicted octanol–water partition coefficient (Wildman–Crippen LogP) is -0.0590. The van der Waals surface area contributed by atoms with Gasteiger partial charge in [0.2, 0.25) is 0 Å². The number of rotatable bonds is 2. The summed E-state index contributed by atoms with van der Waals surface area (Å²) >= 11 is 0. The topological polar surface area (TPSA) is 96.6 Å². The van der Waals surface area contributed by atoms with Crippen LogP contribution in [0.15, 0.2) is 18.2 Å². The zero-order valence-electron chi connectivity index (χ0n) is 10.4. The second-order valence-corrected chi connectivity index (χ2v) is 4.98. The number of ether oxygens (including phenoxy) is 1. The first-order valence-electron chi connectivity index (χ1n) is 6.42. The van der Waals surface area contributed by atoms with Crippen molar-refractivity contribution in [1.29, 1.82) is 0 Å². The van der Waals surface area contributed by atoms with Crippen molar-refractivity contribution in [2.75, 3.05) is 6.61 Å². The Hall–Kier alpha value is -1.63. The largest absolute Gasteiger partial charge is 0.493 e. The van der Waals surface area contributed by atoms with Crippen molar-refractivity contribution < 1.29 is 14.6 Å². The molecule has 3 rings (SSSR count). The van der Waals surface area contributed by atoms with Gasteiger partial charge in [0.25, 0.3) is 0 Å². The van der Waals surface area contributed by atoms with E-state index in [4.69, 9.17) is 10.5 Å². The monoisotopic (exact) mass is 263 g/mol. The van der Waals surface area contributed by atoms with Crippen LogP contribution in [0, 0.1) is 0 Å². The van der Waals surface area contributed by atoms with Gasteiger partial charge in [0.1, 0.15) is 11.8 Å². The van der Waals surface area contributed by atoms with Gasteiger partial charge in [-0.3, -0.25) is 4.79 Å². The Morgan fingerprint density at radius 2 is 2.26 bits per heavy atom. The van der Waals surface area contributed by atoms with Crippen molar-refractivity contribution >= 4 is 5.97 Å². The van der Waals surface area contributed by atoms with Gasteiger partial charge >= 0.3 is 5.97 Å². The highest BCUT2D eigenvalue weighted by molar-refractivity contribution is 5.75. The maximum atomic E-state index is 11.2. The lowest BCUT2D eigenvalue weighted by atomic mass is 9.88. The Balaban J connectivity index is 1.94. The molecule has 0 aromatic heterocycles. The van der Waals surface area contributed by atoms with Crippen LogP contribution in [0.25, 0.3) is 0 Å². The van der Waals surface area contributed by atoms with E-state index < -0.39 is 18.2 Å². The van der Waals surface area contributed by atoms with E-state index in [1.165, 1.54) is 0 Å². The molecular weight excluding hydrogens is 246 g/mol. The van der Waals surface area contributed by atoms with Crippen LogP contribution in [0.5, 0.6) is 5.75 Å². The fourth-order valence-corrected chi connectivity index (χ4v) is 2.78. The van der Waals surface area contributed by atoms with Crippen LogP contribution >= 0.6 is 0 Å². The highest BCUT2D eigenvalue weighted by atomic mass is 16.5. The van der Waals surface area contributed by atoms with E-state index in [0.717, 1.165) is 36.3 Å². The van der Waals surface area contributed by atoms with Gasteiger partial charge in [-0.25, -0.2) is 10.9 Å². The smallest absolute Gasteiger partial charge is 0.322 e. The molecule has 1 fully saturated rings. The minimum Gasteiger partial charge on any atom is -0.493 e. The molecule has 0 aliphatic carbocycles. The van der Waals surface area contributed by atoms with E-state index in [9.17, 15) is 9.90 Å². The minimum atomic E-state index is -0.903.